The Bertz CT molecular complexity index is 416. The lowest BCUT2D eigenvalue weighted by molar-refractivity contribution is 0.302. The fourth-order valence-electron chi connectivity index (χ4n) is 2.37. The van der Waals surface area contributed by atoms with E-state index < -0.39 is 0 Å². The molecule has 0 atom stereocenters. The molecule has 1 aromatic rings. The average Bonchev–Trinajstić information content (AvgIpc) is 2.13. The molecule has 0 aliphatic heterocycles. The quantitative estimate of drug-likeness (QED) is 0.820. The molecule has 0 unspecified atom stereocenters. The first-order valence-corrected chi connectivity index (χ1v) is 6.54. The number of nitrogens with two attached hydrogens (primary N) is 1. The molecule has 1 heterocycles. The molecule has 0 aliphatic carbocycles. The first kappa shape index (κ1) is 14.9. The molecule has 0 saturated carbocycles. The van der Waals surface area contributed by atoms with E-state index in [4.69, 9.17) is 18.0 Å². The molecule has 0 radical (unpaired) electrons. The van der Waals surface area contributed by atoms with Crippen molar-refractivity contribution in [2.24, 2.45) is 11.1 Å². The van der Waals surface area contributed by atoms with Gasteiger partial charge in [0.05, 0.1) is 17.6 Å². The summed E-state index contributed by atoms with van der Waals surface area (Å²) in [7, 11) is 0. The summed E-state index contributed by atoms with van der Waals surface area (Å²) in [6.07, 6.45) is 2.84. The number of nitrogens with zero attached hydrogens (tertiary/aromatic N) is 1. The molecule has 18 heavy (non-hydrogen) atoms. The molecular weight excluding hydrogens is 242 g/mol. The van der Waals surface area contributed by atoms with Crippen LogP contribution in [0.3, 0.4) is 0 Å². The number of anilines is 1. The Kier molecular flexibility index (Phi) is 4.32. The fourth-order valence-corrected chi connectivity index (χ4v) is 2.50. The fraction of sp³-hybridized carbons (Fsp3) is 0.571. The third-order valence-corrected chi connectivity index (χ3v) is 2.68. The topological polar surface area (TPSA) is 50.9 Å². The SMILES string of the molecule is CC(C)(C)CC(C)(C)Nc1ccc(C(N)=S)nc1. The summed E-state index contributed by atoms with van der Waals surface area (Å²) in [4.78, 5) is 4.56. The summed E-state index contributed by atoms with van der Waals surface area (Å²) in [6.45, 7) is 11.1. The van der Waals surface area contributed by atoms with E-state index in [2.05, 4.69) is 44.9 Å². The molecule has 3 N–H and O–H groups in total. The van der Waals surface area contributed by atoms with Crippen LogP contribution in [0, 0.1) is 5.41 Å². The van der Waals surface area contributed by atoms with Crippen LogP contribution >= 0.6 is 12.2 Å². The van der Waals surface area contributed by atoms with Gasteiger partial charge in [-0.3, -0.25) is 4.98 Å². The van der Waals surface area contributed by atoms with Gasteiger partial charge in [-0.2, -0.15) is 0 Å². The smallest absolute Gasteiger partial charge is 0.122 e. The van der Waals surface area contributed by atoms with Crippen molar-refractivity contribution < 1.29 is 0 Å². The lowest BCUT2D eigenvalue weighted by Crippen LogP contribution is -2.35. The summed E-state index contributed by atoms with van der Waals surface area (Å²) < 4.78 is 0. The maximum absolute atomic E-state index is 5.52. The van der Waals surface area contributed by atoms with E-state index in [0.29, 0.717) is 10.7 Å². The van der Waals surface area contributed by atoms with Gasteiger partial charge in [0.15, 0.2) is 0 Å². The van der Waals surface area contributed by atoms with Gasteiger partial charge in [0.25, 0.3) is 0 Å². The Hall–Kier alpha value is -1.16. The van der Waals surface area contributed by atoms with Crippen LogP contribution in [0.4, 0.5) is 5.69 Å². The van der Waals surface area contributed by atoms with E-state index in [9.17, 15) is 0 Å². The Morgan fingerprint density at radius 1 is 1.28 bits per heavy atom. The minimum Gasteiger partial charge on any atom is -0.388 e. The summed E-state index contributed by atoms with van der Waals surface area (Å²) in [5.74, 6) is 0. The molecule has 0 fully saturated rings. The monoisotopic (exact) mass is 265 g/mol. The third kappa shape index (κ3) is 5.00. The minimum absolute atomic E-state index is 0.0185. The Balaban J connectivity index is 2.75. The van der Waals surface area contributed by atoms with Crippen LogP contribution < -0.4 is 11.1 Å². The molecule has 0 aliphatic rings. The van der Waals surface area contributed by atoms with Crippen molar-refractivity contribution in [2.45, 2.75) is 46.6 Å². The predicted octanol–water partition coefficient (Wildman–Crippen LogP) is 3.34. The number of thiocarbonyl (C=S) groups is 1. The second kappa shape index (κ2) is 5.22. The zero-order valence-corrected chi connectivity index (χ0v) is 12.7. The third-order valence-electron chi connectivity index (χ3n) is 2.47. The molecule has 0 aromatic carbocycles. The Morgan fingerprint density at radius 2 is 1.89 bits per heavy atom. The highest BCUT2D eigenvalue weighted by molar-refractivity contribution is 7.80. The van der Waals surface area contributed by atoms with Gasteiger partial charge in [-0.05, 0) is 37.8 Å². The van der Waals surface area contributed by atoms with E-state index in [1.54, 1.807) is 6.20 Å². The van der Waals surface area contributed by atoms with Gasteiger partial charge in [-0.15, -0.1) is 0 Å². The summed E-state index contributed by atoms with van der Waals surface area (Å²) in [6, 6.07) is 3.81. The van der Waals surface area contributed by atoms with Gasteiger partial charge in [0.1, 0.15) is 4.99 Å². The number of hydrogen-bond acceptors (Lipinski definition) is 3. The van der Waals surface area contributed by atoms with Gasteiger partial charge in [-0.25, -0.2) is 0 Å². The van der Waals surface area contributed by atoms with Crippen LogP contribution in [-0.2, 0) is 0 Å². The summed E-state index contributed by atoms with van der Waals surface area (Å²) in [5.41, 5.74) is 7.47. The minimum atomic E-state index is 0.0185. The highest BCUT2D eigenvalue weighted by atomic mass is 32.1. The van der Waals surface area contributed by atoms with Crippen molar-refractivity contribution in [3.8, 4) is 0 Å². The zero-order chi connectivity index (χ0) is 14.0. The molecule has 0 spiro atoms. The van der Waals surface area contributed by atoms with Gasteiger partial charge >= 0.3 is 0 Å². The van der Waals surface area contributed by atoms with E-state index in [0.717, 1.165) is 12.1 Å². The summed E-state index contributed by atoms with van der Waals surface area (Å²) in [5, 5.41) is 3.49. The molecule has 1 rings (SSSR count). The molecule has 4 heteroatoms. The highest BCUT2D eigenvalue weighted by Crippen LogP contribution is 2.29. The second-order valence-corrected chi connectivity index (χ2v) is 6.98. The van der Waals surface area contributed by atoms with E-state index >= 15 is 0 Å². The largest absolute Gasteiger partial charge is 0.388 e. The van der Waals surface area contributed by atoms with Gasteiger partial charge in [-0.1, -0.05) is 33.0 Å². The van der Waals surface area contributed by atoms with E-state index in [1.807, 2.05) is 12.1 Å². The van der Waals surface area contributed by atoms with Crippen LogP contribution in [0.1, 0.15) is 46.7 Å². The van der Waals surface area contributed by atoms with Crippen LogP contribution in [0.15, 0.2) is 18.3 Å². The Labute approximate surface area is 115 Å². The first-order valence-electron chi connectivity index (χ1n) is 6.13. The van der Waals surface area contributed by atoms with Crippen molar-refractivity contribution in [1.82, 2.24) is 4.98 Å². The standard InChI is InChI=1S/C14H23N3S/c1-13(2,3)9-14(4,5)17-10-6-7-11(12(15)18)16-8-10/h6-8,17H,9H2,1-5H3,(H2,15,18). The van der Waals surface area contributed by atoms with Crippen LogP contribution in [0.5, 0.6) is 0 Å². The van der Waals surface area contributed by atoms with Crippen LogP contribution in [0.25, 0.3) is 0 Å². The maximum atomic E-state index is 5.52. The normalized spacial score (nSPS) is 12.3. The molecule has 3 nitrogen and oxygen atoms in total. The zero-order valence-electron chi connectivity index (χ0n) is 11.9. The highest BCUT2D eigenvalue weighted by Gasteiger charge is 2.25. The number of hydrogen-bond donors (Lipinski definition) is 2. The number of rotatable bonds is 4. The number of pyridine rings is 1. The molecule has 1 aromatic heterocycles. The predicted molar refractivity (Wildman–Crippen MR) is 81.9 cm³/mol. The Morgan fingerprint density at radius 3 is 2.28 bits per heavy atom. The van der Waals surface area contributed by atoms with Gasteiger partial charge in [0, 0.05) is 5.54 Å². The van der Waals surface area contributed by atoms with E-state index in [-0.39, 0.29) is 11.0 Å². The van der Waals surface area contributed by atoms with Crippen molar-refractivity contribution >= 4 is 22.9 Å². The van der Waals surface area contributed by atoms with Crippen molar-refractivity contribution in [1.29, 1.82) is 0 Å². The van der Waals surface area contributed by atoms with Gasteiger partial charge < -0.3 is 11.1 Å². The molecule has 0 saturated heterocycles. The second-order valence-electron chi connectivity index (χ2n) is 6.54. The molecule has 0 bridgehead atoms. The van der Waals surface area contributed by atoms with Crippen molar-refractivity contribution in [3.05, 3.63) is 24.0 Å². The molecule has 0 amide bonds. The molecular formula is C14H23N3S. The van der Waals surface area contributed by atoms with Crippen LogP contribution in [-0.4, -0.2) is 15.5 Å². The first-order chi connectivity index (χ1) is 8.09. The molecule has 100 valence electrons. The van der Waals surface area contributed by atoms with Crippen molar-refractivity contribution in [3.63, 3.8) is 0 Å². The van der Waals surface area contributed by atoms with Crippen LogP contribution in [0.2, 0.25) is 0 Å². The lowest BCUT2D eigenvalue weighted by atomic mass is 9.82. The number of aromatic nitrogens is 1. The van der Waals surface area contributed by atoms with Crippen molar-refractivity contribution in [2.75, 3.05) is 5.32 Å². The van der Waals surface area contributed by atoms with E-state index in [1.165, 1.54) is 0 Å². The lowest BCUT2D eigenvalue weighted by Gasteiger charge is -2.34. The average molecular weight is 265 g/mol. The van der Waals surface area contributed by atoms with Gasteiger partial charge in [0.2, 0.25) is 0 Å². The maximum Gasteiger partial charge on any atom is 0.122 e. The summed E-state index contributed by atoms with van der Waals surface area (Å²) >= 11 is 4.88. The number of nitrogens with one attached hydrogen (secondary N) is 1.